The van der Waals surface area contributed by atoms with Gasteiger partial charge in [0, 0.05) is 59.6 Å². The predicted molar refractivity (Wildman–Crippen MR) is 122 cm³/mol. The minimum Gasteiger partial charge on any atom is -0.598 e. The second-order valence-corrected chi connectivity index (χ2v) is 10.7. The smallest absolute Gasteiger partial charge is 0.259 e. The zero-order chi connectivity index (χ0) is 22.4. The molecule has 1 unspecified atom stereocenters. The first-order valence-electron chi connectivity index (χ1n) is 10.6. The number of hydrogen-bond acceptors (Lipinski definition) is 4. The van der Waals surface area contributed by atoms with Gasteiger partial charge in [-0.1, -0.05) is 18.5 Å². The maximum atomic E-state index is 15.9. The number of benzene rings is 1. The number of carbonyl (C=O) groups excluding carboxylic acids is 1. The van der Waals surface area contributed by atoms with Gasteiger partial charge in [0.2, 0.25) is 0 Å². The molecule has 4 rings (SSSR count). The molecular formula is C23H27ClFN3O2S. The van der Waals surface area contributed by atoms with Gasteiger partial charge < -0.3 is 4.55 Å². The number of piperidine rings is 1. The molecule has 0 bridgehead atoms. The minimum absolute atomic E-state index is 0.145. The van der Waals surface area contributed by atoms with Crippen molar-refractivity contribution in [3.05, 3.63) is 58.4 Å². The number of rotatable bonds is 5. The summed E-state index contributed by atoms with van der Waals surface area (Å²) in [5, 5.41) is 0.572. The lowest BCUT2D eigenvalue weighted by molar-refractivity contribution is 0.0864. The third kappa shape index (κ3) is 3.97. The third-order valence-corrected chi connectivity index (χ3v) is 8.25. The SMILES string of the molecule is CCC[S+]([O-])N1CCC(F)(c2cncc(N3C(=O)c4ccc(Cl)cc4C3(C)C)c2)CC1. The van der Waals surface area contributed by atoms with Crippen molar-refractivity contribution in [1.29, 1.82) is 0 Å². The van der Waals surface area contributed by atoms with E-state index in [2.05, 4.69) is 4.98 Å². The first-order chi connectivity index (χ1) is 14.7. The monoisotopic (exact) mass is 463 g/mol. The van der Waals surface area contributed by atoms with Crippen LogP contribution in [-0.4, -0.2) is 38.6 Å². The Labute approximate surface area is 190 Å². The summed E-state index contributed by atoms with van der Waals surface area (Å²) in [7, 11) is 0. The molecule has 8 heteroatoms. The van der Waals surface area contributed by atoms with Gasteiger partial charge in [0.25, 0.3) is 5.91 Å². The first kappa shape index (κ1) is 22.5. The molecule has 2 aromatic rings. The number of pyridine rings is 1. The van der Waals surface area contributed by atoms with Gasteiger partial charge in [-0.05, 0) is 50.1 Å². The van der Waals surface area contributed by atoms with Crippen LogP contribution in [0.15, 0.2) is 36.7 Å². The molecule has 166 valence electrons. The molecule has 0 saturated carbocycles. The molecule has 1 amide bonds. The number of carbonyl (C=O) groups is 1. The maximum absolute atomic E-state index is 15.9. The van der Waals surface area contributed by atoms with Crippen molar-refractivity contribution < 1.29 is 13.7 Å². The Kier molecular flexibility index (Phi) is 6.07. The maximum Gasteiger partial charge on any atom is 0.259 e. The van der Waals surface area contributed by atoms with E-state index in [-0.39, 0.29) is 18.7 Å². The molecule has 2 aliphatic rings. The van der Waals surface area contributed by atoms with Crippen LogP contribution < -0.4 is 4.90 Å². The summed E-state index contributed by atoms with van der Waals surface area (Å²) < 4.78 is 30.0. The molecule has 5 nitrogen and oxygen atoms in total. The van der Waals surface area contributed by atoms with E-state index < -0.39 is 22.6 Å². The Balaban J connectivity index is 1.60. The zero-order valence-corrected chi connectivity index (χ0v) is 19.6. The van der Waals surface area contributed by atoms with Crippen LogP contribution in [0, 0.1) is 0 Å². The largest absolute Gasteiger partial charge is 0.598 e. The van der Waals surface area contributed by atoms with Gasteiger partial charge in [0.1, 0.15) is 11.4 Å². The number of amides is 1. The van der Waals surface area contributed by atoms with Gasteiger partial charge in [-0.2, -0.15) is 0 Å². The van der Waals surface area contributed by atoms with E-state index in [1.807, 2.05) is 31.1 Å². The average Bonchev–Trinajstić information content (AvgIpc) is 2.93. The topological polar surface area (TPSA) is 59.5 Å². The summed E-state index contributed by atoms with van der Waals surface area (Å²) in [4.78, 5) is 19.1. The van der Waals surface area contributed by atoms with Gasteiger partial charge in [0.05, 0.1) is 17.4 Å². The number of anilines is 1. The standard InChI is InChI=1S/C23H27ClFN3O2S/c1-4-11-31(30)27-9-7-23(25,8-10-27)16-12-18(15-26-14-16)28-21(29)19-6-5-17(24)13-20(19)22(28,2)3/h5-6,12-15H,4,7-11H2,1-3H3. The normalized spacial score (nSPS) is 21.2. The lowest BCUT2D eigenvalue weighted by atomic mass is 9.87. The zero-order valence-electron chi connectivity index (χ0n) is 18.0. The summed E-state index contributed by atoms with van der Waals surface area (Å²) in [6, 6.07) is 6.99. The summed E-state index contributed by atoms with van der Waals surface area (Å²) >= 11 is 5.12. The fraction of sp³-hybridized carbons (Fsp3) is 0.478. The fourth-order valence-electron chi connectivity index (χ4n) is 4.58. The van der Waals surface area contributed by atoms with Crippen LogP contribution in [0.4, 0.5) is 10.1 Å². The molecule has 1 aromatic carbocycles. The molecule has 2 aliphatic heterocycles. The summed E-state index contributed by atoms with van der Waals surface area (Å²) in [5.74, 6) is 0.459. The molecule has 0 spiro atoms. The fourth-order valence-corrected chi connectivity index (χ4v) is 5.95. The van der Waals surface area contributed by atoms with Crippen molar-refractivity contribution in [1.82, 2.24) is 9.29 Å². The summed E-state index contributed by atoms with van der Waals surface area (Å²) in [6.45, 7) is 6.77. The van der Waals surface area contributed by atoms with E-state index in [1.165, 1.54) is 0 Å². The molecule has 0 N–H and O–H groups in total. The van der Waals surface area contributed by atoms with E-state index in [9.17, 15) is 9.35 Å². The van der Waals surface area contributed by atoms with Crippen molar-refractivity contribution in [2.24, 2.45) is 0 Å². The molecule has 0 aliphatic carbocycles. The van der Waals surface area contributed by atoms with Crippen molar-refractivity contribution in [2.75, 3.05) is 23.7 Å². The van der Waals surface area contributed by atoms with Crippen LogP contribution in [-0.2, 0) is 22.6 Å². The van der Waals surface area contributed by atoms with E-state index in [0.29, 0.717) is 40.7 Å². The number of fused-ring (bicyclic) bond motifs is 1. The Bertz CT molecular complexity index is 995. The minimum atomic E-state index is -1.56. The third-order valence-electron chi connectivity index (χ3n) is 6.31. The van der Waals surface area contributed by atoms with Crippen LogP contribution in [0.1, 0.15) is 61.5 Å². The highest BCUT2D eigenvalue weighted by Crippen LogP contribution is 2.44. The van der Waals surface area contributed by atoms with Crippen molar-refractivity contribution >= 4 is 34.6 Å². The van der Waals surface area contributed by atoms with Gasteiger partial charge >= 0.3 is 0 Å². The molecular weight excluding hydrogens is 437 g/mol. The van der Waals surface area contributed by atoms with Gasteiger partial charge in [-0.3, -0.25) is 14.7 Å². The Morgan fingerprint density at radius 3 is 2.61 bits per heavy atom. The van der Waals surface area contributed by atoms with E-state index in [0.717, 1.165) is 12.0 Å². The molecule has 1 atom stereocenters. The number of aromatic nitrogens is 1. The predicted octanol–water partition coefficient (Wildman–Crippen LogP) is 4.96. The quantitative estimate of drug-likeness (QED) is 0.588. The number of hydrogen-bond donors (Lipinski definition) is 0. The number of nitrogens with zero attached hydrogens (tertiary/aromatic N) is 3. The Morgan fingerprint density at radius 2 is 1.94 bits per heavy atom. The van der Waals surface area contributed by atoms with Crippen molar-refractivity contribution in [3.8, 4) is 0 Å². The van der Waals surface area contributed by atoms with Gasteiger partial charge in [-0.15, -0.1) is 4.31 Å². The molecule has 1 fully saturated rings. The van der Waals surface area contributed by atoms with Crippen LogP contribution >= 0.6 is 11.6 Å². The van der Waals surface area contributed by atoms with Crippen LogP contribution in [0.2, 0.25) is 5.02 Å². The lowest BCUT2D eigenvalue weighted by Gasteiger charge is -2.37. The second kappa shape index (κ2) is 8.35. The van der Waals surface area contributed by atoms with Gasteiger partial charge in [0.15, 0.2) is 0 Å². The van der Waals surface area contributed by atoms with Crippen LogP contribution in [0.25, 0.3) is 0 Å². The van der Waals surface area contributed by atoms with Gasteiger partial charge in [-0.25, -0.2) is 4.39 Å². The number of alkyl halides is 1. The molecule has 1 aromatic heterocycles. The molecule has 31 heavy (non-hydrogen) atoms. The highest BCUT2D eigenvalue weighted by molar-refractivity contribution is 7.89. The van der Waals surface area contributed by atoms with E-state index in [1.54, 1.807) is 35.5 Å². The molecule has 1 saturated heterocycles. The van der Waals surface area contributed by atoms with Crippen molar-refractivity contribution in [2.45, 2.75) is 51.2 Å². The first-order valence-corrected chi connectivity index (χ1v) is 12.3. The highest BCUT2D eigenvalue weighted by atomic mass is 35.5. The van der Waals surface area contributed by atoms with Crippen molar-refractivity contribution in [3.63, 3.8) is 0 Å². The van der Waals surface area contributed by atoms with E-state index >= 15 is 4.39 Å². The molecule has 0 radical (unpaired) electrons. The van der Waals surface area contributed by atoms with Crippen LogP contribution in [0.5, 0.6) is 0 Å². The summed E-state index contributed by atoms with van der Waals surface area (Å²) in [6.07, 6.45) is 4.48. The average molecular weight is 464 g/mol. The van der Waals surface area contributed by atoms with Crippen LogP contribution in [0.3, 0.4) is 0 Å². The highest BCUT2D eigenvalue weighted by Gasteiger charge is 2.45. The Hall–Kier alpha value is -1.67. The Morgan fingerprint density at radius 1 is 1.23 bits per heavy atom. The molecule has 3 heterocycles. The second-order valence-electron chi connectivity index (χ2n) is 8.74. The summed E-state index contributed by atoms with van der Waals surface area (Å²) in [5.41, 5.74) is 0.274. The number of halogens is 2. The van der Waals surface area contributed by atoms with E-state index in [4.69, 9.17) is 11.6 Å². The lowest BCUT2D eigenvalue weighted by Crippen LogP contribution is -2.44.